The van der Waals surface area contributed by atoms with E-state index in [1.807, 2.05) is 49.4 Å². The van der Waals surface area contributed by atoms with Gasteiger partial charge in [-0.2, -0.15) is 0 Å². The van der Waals surface area contributed by atoms with Crippen LogP contribution in [0.25, 0.3) is 11.0 Å². The summed E-state index contributed by atoms with van der Waals surface area (Å²) >= 11 is 1.35. The predicted molar refractivity (Wildman–Crippen MR) is 97.9 cm³/mol. The fourth-order valence-corrected chi connectivity index (χ4v) is 3.34. The summed E-state index contributed by atoms with van der Waals surface area (Å²) in [7, 11) is 0. The van der Waals surface area contributed by atoms with E-state index in [2.05, 4.69) is 25.5 Å². The average molecular weight is 349 g/mol. The molecular formula is C18H15N5OS. The molecule has 0 bridgehead atoms. The van der Waals surface area contributed by atoms with Crippen LogP contribution in [0.4, 0.5) is 5.13 Å². The van der Waals surface area contributed by atoms with Crippen molar-refractivity contribution in [2.75, 3.05) is 5.32 Å². The van der Waals surface area contributed by atoms with E-state index in [4.69, 9.17) is 0 Å². The molecule has 2 heterocycles. The topological polar surface area (TPSA) is 83.6 Å². The molecule has 0 aliphatic heterocycles. The van der Waals surface area contributed by atoms with Crippen molar-refractivity contribution < 1.29 is 4.79 Å². The minimum absolute atomic E-state index is 0.176. The smallest absolute Gasteiger partial charge is 0.257 e. The summed E-state index contributed by atoms with van der Waals surface area (Å²) in [5, 5.41) is 12.3. The fraction of sp³-hybridized carbons (Fsp3) is 0.111. The number of aromatic nitrogens is 4. The summed E-state index contributed by atoms with van der Waals surface area (Å²) in [6, 6.07) is 15.3. The number of H-pyrrole nitrogens is 1. The fourth-order valence-electron chi connectivity index (χ4n) is 2.60. The SMILES string of the molecule is Cc1ccccc1C(=O)Nc1nnc(Cc2nc3ccccc3[nH]2)s1. The van der Waals surface area contributed by atoms with Crippen molar-refractivity contribution in [2.24, 2.45) is 0 Å². The number of aryl methyl sites for hydroxylation is 1. The second kappa shape index (κ2) is 6.45. The monoisotopic (exact) mass is 349 g/mol. The Morgan fingerprint density at radius 2 is 1.92 bits per heavy atom. The van der Waals surface area contributed by atoms with E-state index >= 15 is 0 Å². The Morgan fingerprint density at radius 1 is 1.12 bits per heavy atom. The molecule has 25 heavy (non-hydrogen) atoms. The van der Waals surface area contributed by atoms with Crippen molar-refractivity contribution in [1.29, 1.82) is 0 Å². The first kappa shape index (κ1) is 15.5. The van der Waals surface area contributed by atoms with Crippen molar-refractivity contribution in [3.05, 3.63) is 70.5 Å². The van der Waals surface area contributed by atoms with E-state index in [-0.39, 0.29) is 5.91 Å². The summed E-state index contributed by atoms with van der Waals surface area (Å²) in [4.78, 5) is 20.1. The third-order valence-corrected chi connectivity index (χ3v) is 4.67. The summed E-state index contributed by atoms with van der Waals surface area (Å²) in [6.07, 6.45) is 0.548. The number of anilines is 1. The number of carbonyl (C=O) groups excluding carboxylic acids is 1. The van der Waals surface area contributed by atoms with Crippen LogP contribution >= 0.6 is 11.3 Å². The van der Waals surface area contributed by atoms with Gasteiger partial charge < -0.3 is 4.98 Å². The van der Waals surface area contributed by atoms with Crippen molar-refractivity contribution in [3.8, 4) is 0 Å². The van der Waals surface area contributed by atoms with Crippen LogP contribution in [-0.2, 0) is 6.42 Å². The molecule has 6 nitrogen and oxygen atoms in total. The highest BCUT2D eigenvalue weighted by Crippen LogP contribution is 2.20. The van der Waals surface area contributed by atoms with Crippen LogP contribution in [0.1, 0.15) is 26.8 Å². The minimum atomic E-state index is -0.176. The maximum Gasteiger partial charge on any atom is 0.257 e. The lowest BCUT2D eigenvalue weighted by molar-refractivity contribution is 0.102. The molecule has 2 aromatic heterocycles. The van der Waals surface area contributed by atoms with Gasteiger partial charge in [0.2, 0.25) is 5.13 Å². The van der Waals surface area contributed by atoms with Gasteiger partial charge in [-0.1, -0.05) is 41.7 Å². The number of nitrogens with zero attached hydrogens (tertiary/aromatic N) is 3. The molecule has 0 saturated carbocycles. The maximum absolute atomic E-state index is 12.3. The Morgan fingerprint density at radius 3 is 2.76 bits per heavy atom. The summed E-state index contributed by atoms with van der Waals surface area (Å²) in [5.74, 6) is 0.652. The van der Waals surface area contributed by atoms with Crippen molar-refractivity contribution in [2.45, 2.75) is 13.3 Å². The van der Waals surface area contributed by atoms with Crippen molar-refractivity contribution in [3.63, 3.8) is 0 Å². The Bertz CT molecular complexity index is 1020. The number of fused-ring (bicyclic) bond motifs is 1. The summed E-state index contributed by atoms with van der Waals surface area (Å²) < 4.78 is 0. The molecule has 0 radical (unpaired) electrons. The number of amides is 1. The van der Waals surface area contributed by atoms with Gasteiger partial charge >= 0.3 is 0 Å². The molecule has 0 aliphatic carbocycles. The maximum atomic E-state index is 12.3. The molecule has 124 valence electrons. The lowest BCUT2D eigenvalue weighted by Gasteiger charge is -2.03. The van der Waals surface area contributed by atoms with E-state index in [0.717, 1.165) is 27.4 Å². The van der Waals surface area contributed by atoms with Gasteiger partial charge in [0.15, 0.2) is 0 Å². The van der Waals surface area contributed by atoms with Crippen molar-refractivity contribution in [1.82, 2.24) is 20.2 Å². The molecule has 0 spiro atoms. The third kappa shape index (κ3) is 3.27. The van der Waals surface area contributed by atoms with E-state index in [9.17, 15) is 4.79 Å². The Hall–Kier alpha value is -3.06. The zero-order chi connectivity index (χ0) is 17.2. The predicted octanol–water partition coefficient (Wildman–Crippen LogP) is 3.57. The van der Waals surface area contributed by atoms with Crippen LogP contribution in [0.3, 0.4) is 0 Å². The van der Waals surface area contributed by atoms with Gasteiger partial charge in [-0.3, -0.25) is 10.1 Å². The molecule has 4 rings (SSSR count). The molecule has 4 aromatic rings. The van der Waals surface area contributed by atoms with Crippen LogP contribution in [-0.4, -0.2) is 26.1 Å². The largest absolute Gasteiger partial charge is 0.342 e. The number of nitrogens with one attached hydrogen (secondary N) is 2. The van der Waals surface area contributed by atoms with Gasteiger partial charge in [0.05, 0.1) is 17.5 Å². The van der Waals surface area contributed by atoms with Crippen LogP contribution in [0.15, 0.2) is 48.5 Å². The van der Waals surface area contributed by atoms with Crippen LogP contribution in [0.2, 0.25) is 0 Å². The Balaban J connectivity index is 1.48. The number of hydrogen-bond acceptors (Lipinski definition) is 5. The van der Waals surface area contributed by atoms with Crippen LogP contribution in [0, 0.1) is 6.92 Å². The lowest BCUT2D eigenvalue weighted by atomic mass is 10.1. The van der Waals surface area contributed by atoms with Crippen LogP contribution in [0.5, 0.6) is 0 Å². The van der Waals surface area contributed by atoms with E-state index < -0.39 is 0 Å². The van der Waals surface area contributed by atoms with Crippen LogP contribution < -0.4 is 5.32 Å². The molecule has 0 aliphatic rings. The van der Waals surface area contributed by atoms with Gasteiger partial charge in [-0.25, -0.2) is 4.98 Å². The number of para-hydroxylation sites is 2. The zero-order valence-electron chi connectivity index (χ0n) is 13.5. The lowest BCUT2D eigenvalue weighted by Crippen LogP contribution is -2.12. The van der Waals surface area contributed by atoms with E-state index in [0.29, 0.717) is 17.1 Å². The molecule has 7 heteroatoms. The normalized spacial score (nSPS) is 10.9. The first-order valence-corrected chi connectivity index (χ1v) is 8.64. The molecular weight excluding hydrogens is 334 g/mol. The number of benzene rings is 2. The van der Waals surface area contributed by atoms with Gasteiger partial charge in [0, 0.05) is 5.56 Å². The molecule has 2 aromatic carbocycles. The highest BCUT2D eigenvalue weighted by molar-refractivity contribution is 7.15. The van der Waals surface area contributed by atoms with Gasteiger partial charge in [-0.05, 0) is 30.7 Å². The second-order valence-corrected chi connectivity index (χ2v) is 6.71. The Kier molecular flexibility index (Phi) is 3.99. The molecule has 1 amide bonds. The minimum Gasteiger partial charge on any atom is -0.342 e. The number of rotatable bonds is 4. The van der Waals surface area contributed by atoms with Crippen molar-refractivity contribution >= 4 is 33.4 Å². The third-order valence-electron chi connectivity index (χ3n) is 3.83. The van der Waals surface area contributed by atoms with Gasteiger partial charge in [0.25, 0.3) is 5.91 Å². The highest BCUT2D eigenvalue weighted by Gasteiger charge is 2.13. The molecule has 0 atom stereocenters. The number of imidazole rings is 1. The van der Waals surface area contributed by atoms with E-state index in [1.165, 1.54) is 11.3 Å². The second-order valence-electron chi connectivity index (χ2n) is 5.65. The quantitative estimate of drug-likeness (QED) is 0.590. The zero-order valence-corrected chi connectivity index (χ0v) is 14.3. The van der Waals surface area contributed by atoms with Gasteiger partial charge in [-0.15, -0.1) is 10.2 Å². The molecule has 0 saturated heterocycles. The Labute approximate surface area is 148 Å². The summed E-state index contributed by atoms with van der Waals surface area (Å²) in [5.41, 5.74) is 3.48. The highest BCUT2D eigenvalue weighted by atomic mass is 32.1. The number of carbonyl (C=O) groups is 1. The molecule has 2 N–H and O–H groups in total. The molecule has 0 fully saturated rings. The standard InChI is InChI=1S/C18H15N5OS/c1-11-6-2-3-7-12(11)17(24)21-18-23-22-16(25-18)10-15-19-13-8-4-5-9-14(13)20-15/h2-9H,10H2,1H3,(H,19,20)(H,21,23,24). The number of aromatic amines is 1. The first-order chi connectivity index (χ1) is 12.2. The number of hydrogen-bond donors (Lipinski definition) is 2. The van der Waals surface area contributed by atoms with E-state index in [1.54, 1.807) is 6.07 Å². The van der Waals surface area contributed by atoms with Gasteiger partial charge in [0.1, 0.15) is 10.8 Å². The summed E-state index contributed by atoms with van der Waals surface area (Å²) in [6.45, 7) is 1.90. The molecule has 0 unspecified atom stereocenters. The average Bonchev–Trinajstić information content (AvgIpc) is 3.21. The first-order valence-electron chi connectivity index (χ1n) is 7.82.